The zero-order chi connectivity index (χ0) is 5.98. The van der Waals surface area contributed by atoms with Crippen LogP contribution >= 0.6 is 0 Å². The molecule has 2 atom stereocenters. The van der Waals surface area contributed by atoms with Gasteiger partial charge in [-0.25, -0.2) is 0 Å². The number of rotatable bonds is 0. The maximum atomic E-state index is 8.89. The Bertz CT molecular complexity index is 66.8. The van der Waals surface area contributed by atoms with Gasteiger partial charge in [-0.3, -0.25) is 0 Å². The van der Waals surface area contributed by atoms with E-state index in [4.69, 9.17) is 10.2 Å². The Kier molecular flexibility index (Phi) is 1.83. The molecule has 0 aromatic carbocycles. The number of nitrogens with one attached hydrogen (secondary N) is 1. The Morgan fingerprint density at radius 1 is 1.25 bits per heavy atom. The molecule has 1 heterocycles. The predicted octanol–water partition coefficient (Wildman–Crippen LogP) is -1.30. The fraction of sp³-hybridized carbons (Fsp3) is 1.00. The number of piperidine rings is 1. The quantitative estimate of drug-likeness (QED) is 0.369. The van der Waals surface area contributed by atoms with Gasteiger partial charge in [0.25, 0.3) is 0 Å². The Morgan fingerprint density at radius 2 is 2.00 bits per heavy atom. The highest BCUT2D eigenvalue weighted by molar-refractivity contribution is 4.75. The van der Waals surface area contributed by atoms with Crippen LogP contribution in [0.3, 0.4) is 0 Å². The first-order valence-electron chi connectivity index (χ1n) is 2.87. The summed E-state index contributed by atoms with van der Waals surface area (Å²) in [7, 11) is 0. The molecule has 48 valence electrons. The molecule has 1 aliphatic rings. The molecule has 0 saturated carbocycles. The lowest BCUT2D eigenvalue weighted by Gasteiger charge is -2.23. The molecule has 0 aromatic rings. The highest BCUT2D eigenvalue weighted by Crippen LogP contribution is 2.01. The summed E-state index contributed by atoms with van der Waals surface area (Å²) in [6.07, 6.45) is -0.388. The van der Waals surface area contributed by atoms with E-state index in [9.17, 15) is 0 Å². The van der Waals surface area contributed by atoms with Crippen LogP contribution < -0.4 is 5.32 Å². The molecule has 8 heavy (non-hydrogen) atoms. The highest BCUT2D eigenvalue weighted by Gasteiger charge is 2.18. The SMILES string of the molecule is OC1CCNCC1O. The molecule has 1 rings (SSSR count). The Balaban J connectivity index is 2.28. The monoisotopic (exact) mass is 117 g/mol. The van der Waals surface area contributed by atoms with Gasteiger partial charge in [0.15, 0.2) is 0 Å². The van der Waals surface area contributed by atoms with E-state index < -0.39 is 12.2 Å². The summed E-state index contributed by atoms with van der Waals surface area (Å²) in [6, 6.07) is 0. The van der Waals surface area contributed by atoms with E-state index in [1.54, 1.807) is 0 Å². The Morgan fingerprint density at radius 3 is 2.38 bits per heavy atom. The van der Waals surface area contributed by atoms with Gasteiger partial charge in [0, 0.05) is 6.54 Å². The van der Waals surface area contributed by atoms with Gasteiger partial charge in [0.05, 0.1) is 12.2 Å². The first-order valence-corrected chi connectivity index (χ1v) is 2.87. The maximum absolute atomic E-state index is 8.89. The van der Waals surface area contributed by atoms with Gasteiger partial charge in [0.2, 0.25) is 0 Å². The summed E-state index contributed by atoms with van der Waals surface area (Å²) in [4.78, 5) is 0. The second-order valence-corrected chi connectivity index (χ2v) is 2.13. The van der Waals surface area contributed by atoms with Crippen LogP contribution in [0.4, 0.5) is 0 Å². The van der Waals surface area contributed by atoms with Gasteiger partial charge in [-0.2, -0.15) is 0 Å². The molecule has 2 unspecified atom stereocenters. The standard InChI is InChI=1S/C5H11NO2/c7-4-1-2-6-3-5(4)8/h4-8H,1-3H2. The van der Waals surface area contributed by atoms with Crippen LogP contribution in [0.5, 0.6) is 0 Å². The van der Waals surface area contributed by atoms with Crippen molar-refractivity contribution in [2.24, 2.45) is 0 Å². The Labute approximate surface area is 48.3 Å². The topological polar surface area (TPSA) is 52.5 Å². The van der Waals surface area contributed by atoms with Crippen LogP contribution in [0, 0.1) is 0 Å². The van der Waals surface area contributed by atoms with Crippen molar-refractivity contribution in [1.82, 2.24) is 5.32 Å². The molecule has 0 aromatic heterocycles. The molecular formula is C5H11NO2. The molecule has 0 bridgehead atoms. The summed E-state index contributed by atoms with van der Waals surface area (Å²) >= 11 is 0. The minimum absolute atomic E-state index is 0.503. The predicted molar refractivity (Wildman–Crippen MR) is 29.5 cm³/mol. The van der Waals surface area contributed by atoms with Crippen LogP contribution in [0.25, 0.3) is 0 Å². The van der Waals surface area contributed by atoms with E-state index in [0.717, 1.165) is 6.54 Å². The van der Waals surface area contributed by atoms with Gasteiger partial charge in [-0.05, 0) is 13.0 Å². The van der Waals surface area contributed by atoms with Crippen molar-refractivity contribution in [3.63, 3.8) is 0 Å². The van der Waals surface area contributed by atoms with Crippen molar-refractivity contribution in [3.8, 4) is 0 Å². The zero-order valence-corrected chi connectivity index (χ0v) is 4.67. The van der Waals surface area contributed by atoms with E-state index >= 15 is 0 Å². The highest BCUT2D eigenvalue weighted by atomic mass is 16.3. The number of aliphatic hydroxyl groups excluding tert-OH is 2. The summed E-state index contributed by atoms with van der Waals surface area (Å²) in [5, 5.41) is 20.7. The van der Waals surface area contributed by atoms with Crippen molar-refractivity contribution in [2.75, 3.05) is 13.1 Å². The lowest BCUT2D eigenvalue weighted by molar-refractivity contribution is 0.000433. The van der Waals surface area contributed by atoms with Crippen molar-refractivity contribution in [3.05, 3.63) is 0 Å². The van der Waals surface area contributed by atoms with E-state index in [0.29, 0.717) is 13.0 Å². The van der Waals surface area contributed by atoms with E-state index in [-0.39, 0.29) is 0 Å². The molecular weight excluding hydrogens is 106 g/mol. The molecule has 0 radical (unpaired) electrons. The molecule has 3 nitrogen and oxygen atoms in total. The average Bonchev–Trinajstić information content (AvgIpc) is 1.77. The van der Waals surface area contributed by atoms with Crippen LogP contribution in [0.2, 0.25) is 0 Å². The van der Waals surface area contributed by atoms with Crippen molar-refractivity contribution in [1.29, 1.82) is 0 Å². The van der Waals surface area contributed by atoms with Gasteiger partial charge in [0.1, 0.15) is 0 Å². The first-order chi connectivity index (χ1) is 3.80. The third-order valence-corrected chi connectivity index (χ3v) is 1.41. The second kappa shape index (κ2) is 2.44. The van der Waals surface area contributed by atoms with Crippen LogP contribution in [0.15, 0.2) is 0 Å². The molecule has 3 N–H and O–H groups in total. The minimum atomic E-state index is -0.552. The van der Waals surface area contributed by atoms with Crippen LogP contribution in [-0.4, -0.2) is 35.5 Å². The van der Waals surface area contributed by atoms with Gasteiger partial charge < -0.3 is 15.5 Å². The number of hydrogen-bond donors (Lipinski definition) is 3. The Hall–Kier alpha value is -0.120. The zero-order valence-electron chi connectivity index (χ0n) is 4.67. The van der Waals surface area contributed by atoms with Crippen molar-refractivity contribution in [2.45, 2.75) is 18.6 Å². The smallest absolute Gasteiger partial charge is 0.0923 e. The minimum Gasteiger partial charge on any atom is -0.390 e. The van der Waals surface area contributed by atoms with Crippen molar-refractivity contribution < 1.29 is 10.2 Å². The summed E-state index contributed by atoms with van der Waals surface area (Å²) < 4.78 is 0. The largest absolute Gasteiger partial charge is 0.390 e. The van der Waals surface area contributed by atoms with Gasteiger partial charge in [-0.1, -0.05) is 0 Å². The summed E-state index contributed by atoms with van der Waals surface area (Å²) in [6.45, 7) is 1.35. The fourth-order valence-corrected chi connectivity index (χ4v) is 0.828. The molecule has 0 aliphatic carbocycles. The molecule has 1 fully saturated rings. The number of β-amino-alcohol motifs (C(OH)–C–C–N with tert-alkyl or cyclic N) is 1. The van der Waals surface area contributed by atoms with Crippen LogP contribution in [0.1, 0.15) is 6.42 Å². The van der Waals surface area contributed by atoms with E-state index in [1.165, 1.54) is 0 Å². The average molecular weight is 117 g/mol. The third-order valence-electron chi connectivity index (χ3n) is 1.41. The summed E-state index contributed by atoms with van der Waals surface area (Å²) in [5.74, 6) is 0. The van der Waals surface area contributed by atoms with Crippen LogP contribution in [-0.2, 0) is 0 Å². The summed E-state index contributed by atoms with van der Waals surface area (Å²) in [5.41, 5.74) is 0. The lowest BCUT2D eigenvalue weighted by atomic mass is 10.1. The lowest BCUT2D eigenvalue weighted by Crippen LogP contribution is -2.43. The second-order valence-electron chi connectivity index (χ2n) is 2.13. The third kappa shape index (κ3) is 1.18. The molecule has 3 heteroatoms. The van der Waals surface area contributed by atoms with Crippen molar-refractivity contribution >= 4 is 0 Å². The molecule has 0 amide bonds. The van der Waals surface area contributed by atoms with Gasteiger partial charge >= 0.3 is 0 Å². The van der Waals surface area contributed by atoms with E-state index in [2.05, 4.69) is 5.32 Å². The first kappa shape index (κ1) is 6.01. The normalized spacial score (nSPS) is 39.8. The molecule has 1 aliphatic heterocycles. The van der Waals surface area contributed by atoms with Gasteiger partial charge in [-0.15, -0.1) is 0 Å². The molecule has 0 spiro atoms. The maximum Gasteiger partial charge on any atom is 0.0923 e. The number of hydrogen-bond acceptors (Lipinski definition) is 3. The van der Waals surface area contributed by atoms with E-state index in [1.807, 2.05) is 0 Å². The fourth-order valence-electron chi connectivity index (χ4n) is 0.828. The number of aliphatic hydroxyl groups is 2. The molecule has 1 saturated heterocycles.